The fraction of sp³-hybridized carbons (Fsp3) is 0.167. The van der Waals surface area contributed by atoms with Gasteiger partial charge in [-0.2, -0.15) is 5.10 Å². The summed E-state index contributed by atoms with van der Waals surface area (Å²) in [4.78, 5) is 12.8. The van der Waals surface area contributed by atoms with Crippen molar-refractivity contribution in [3.63, 3.8) is 0 Å². The van der Waals surface area contributed by atoms with Crippen LogP contribution in [0.15, 0.2) is 88.9 Å². The van der Waals surface area contributed by atoms with Gasteiger partial charge < -0.3 is 0 Å². The van der Waals surface area contributed by atoms with Gasteiger partial charge in [-0.15, -0.1) is 0 Å². The Morgan fingerprint density at radius 3 is 2.00 bits per heavy atom. The quantitative estimate of drug-likeness (QED) is 0.449. The number of carbonyl (C=O) groups excluding carboxylic acids is 1. The number of amides is 1. The number of nitrogens with one attached hydrogen (secondary N) is 1. The van der Waals surface area contributed by atoms with E-state index in [4.69, 9.17) is 0 Å². The first-order valence-corrected chi connectivity index (χ1v) is 11.3. The maximum absolute atomic E-state index is 13.3. The Morgan fingerprint density at radius 1 is 0.871 bits per heavy atom. The molecule has 0 radical (unpaired) electrons. The van der Waals surface area contributed by atoms with Gasteiger partial charge in [0, 0.05) is 0 Å². The van der Waals surface area contributed by atoms with Gasteiger partial charge in [-0.3, -0.25) is 9.10 Å². The van der Waals surface area contributed by atoms with Crippen molar-refractivity contribution in [2.75, 3.05) is 10.8 Å². The highest BCUT2D eigenvalue weighted by Crippen LogP contribution is 2.23. The SMILES string of the molecule is C/C(=N\NC(=O)CN(c1ccc(C)cc1)S(=O)(=O)c1ccccc1)c1ccc(C)cc1. The smallest absolute Gasteiger partial charge is 0.264 e. The zero-order valence-electron chi connectivity index (χ0n) is 17.7. The Kier molecular flexibility index (Phi) is 6.87. The van der Waals surface area contributed by atoms with Crippen molar-refractivity contribution in [2.45, 2.75) is 25.7 Å². The van der Waals surface area contributed by atoms with Crippen molar-refractivity contribution in [2.24, 2.45) is 5.10 Å². The molecule has 3 rings (SSSR count). The minimum Gasteiger partial charge on any atom is -0.271 e. The third-order valence-electron chi connectivity index (χ3n) is 4.76. The number of hydrazone groups is 1. The Morgan fingerprint density at radius 2 is 1.42 bits per heavy atom. The second-order valence-electron chi connectivity index (χ2n) is 7.26. The summed E-state index contributed by atoms with van der Waals surface area (Å²) in [7, 11) is -3.93. The van der Waals surface area contributed by atoms with E-state index in [1.165, 1.54) is 12.1 Å². The highest BCUT2D eigenvalue weighted by molar-refractivity contribution is 7.92. The van der Waals surface area contributed by atoms with E-state index in [1.54, 1.807) is 49.4 Å². The van der Waals surface area contributed by atoms with Crippen molar-refractivity contribution < 1.29 is 13.2 Å². The van der Waals surface area contributed by atoms with E-state index in [1.807, 2.05) is 38.1 Å². The van der Waals surface area contributed by atoms with Crippen LogP contribution in [0.4, 0.5) is 5.69 Å². The number of anilines is 1. The molecule has 31 heavy (non-hydrogen) atoms. The van der Waals surface area contributed by atoms with Crippen molar-refractivity contribution in [1.29, 1.82) is 0 Å². The largest absolute Gasteiger partial charge is 0.271 e. The van der Waals surface area contributed by atoms with Crippen LogP contribution in [-0.2, 0) is 14.8 Å². The zero-order valence-corrected chi connectivity index (χ0v) is 18.6. The van der Waals surface area contributed by atoms with E-state index in [2.05, 4.69) is 10.5 Å². The first-order chi connectivity index (χ1) is 14.8. The predicted molar refractivity (Wildman–Crippen MR) is 124 cm³/mol. The molecule has 1 amide bonds. The molecule has 0 aromatic heterocycles. The lowest BCUT2D eigenvalue weighted by Gasteiger charge is -2.23. The summed E-state index contributed by atoms with van der Waals surface area (Å²) in [6.45, 7) is 5.29. The number of aryl methyl sites for hydroxylation is 2. The molecule has 3 aromatic rings. The summed E-state index contributed by atoms with van der Waals surface area (Å²) in [5, 5.41) is 4.14. The predicted octanol–water partition coefficient (Wildman–Crippen LogP) is 4.04. The summed E-state index contributed by atoms with van der Waals surface area (Å²) >= 11 is 0. The lowest BCUT2D eigenvalue weighted by molar-refractivity contribution is -0.119. The van der Waals surface area contributed by atoms with E-state index < -0.39 is 22.5 Å². The minimum atomic E-state index is -3.93. The van der Waals surface area contributed by atoms with Gasteiger partial charge >= 0.3 is 0 Å². The molecular weight excluding hydrogens is 410 g/mol. The van der Waals surface area contributed by atoms with Crippen LogP contribution in [0.3, 0.4) is 0 Å². The van der Waals surface area contributed by atoms with E-state index in [9.17, 15) is 13.2 Å². The van der Waals surface area contributed by atoms with Crippen LogP contribution in [0.25, 0.3) is 0 Å². The molecule has 0 bridgehead atoms. The molecule has 0 aliphatic rings. The summed E-state index contributed by atoms with van der Waals surface area (Å²) < 4.78 is 27.6. The second kappa shape index (κ2) is 9.57. The zero-order chi connectivity index (χ0) is 22.4. The number of sulfonamides is 1. The highest BCUT2D eigenvalue weighted by Gasteiger charge is 2.27. The topological polar surface area (TPSA) is 78.8 Å². The molecule has 6 nitrogen and oxygen atoms in total. The number of rotatable bonds is 7. The van der Waals surface area contributed by atoms with Gasteiger partial charge in [-0.25, -0.2) is 13.8 Å². The number of benzene rings is 3. The molecule has 0 unspecified atom stereocenters. The number of hydrogen-bond donors (Lipinski definition) is 1. The first-order valence-electron chi connectivity index (χ1n) is 9.82. The number of carbonyl (C=O) groups is 1. The molecule has 0 atom stereocenters. The van der Waals surface area contributed by atoms with E-state index in [-0.39, 0.29) is 4.90 Å². The normalized spacial score (nSPS) is 11.8. The summed E-state index contributed by atoms with van der Waals surface area (Å²) in [5.74, 6) is -0.536. The molecule has 0 heterocycles. The molecule has 0 spiro atoms. The first kappa shape index (κ1) is 22.2. The van der Waals surface area contributed by atoms with Crippen LogP contribution < -0.4 is 9.73 Å². The van der Waals surface area contributed by atoms with Gasteiger partial charge in [0.1, 0.15) is 6.54 Å². The van der Waals surface area contributed by atoms with Crippen LogP contribution in [0.1, 0.15) is 23.6 Å². The average molecular weight is 436 g/mol. The monoisotopic (exact) mass is 435 g/mol. The van der Waals surface area contributed by atoms with Crippen LogP contribution >= 0.6 is 0 Å². The maximum Gasteiger partial charge on any atom is 0.264 e. The third-order valence-corrected chi connectivity index (χ3v) is 6.55. The second-order valence-corrected chi connectivity index (χ2v) is 9.12. The Labute approximate surface area is 183 Å². The minimum absolute atomic E-state index is 0.114. The molecule has 7 heteroatoms. The molecule has 0 saturated heterocycles. The van der Waals surface area contributed by atoms with Gasteiger partial charge in [0.05, 0.1) is 16.3 Å². The Hall–Kier alpha value is -3.45. The molecule has 0 fully saturated rings. The standard InChI is InChI=1S/C24H25N3O3S/c1-18-9-13-21(14-10-18)20(3)25-26-24(28)17-27(22-15-11-19(2)12-16-22)31(29,30)23-7-5-4-6-8-23/h4-16H,17H2,1-3H3,(H,26,28)/b25-20+. The van der Waals surface area contributed by atoms with E-state index >= 15 is 0 Å². The van der Waals surface area contributed by atoms with Gasteiger partial charge in [0.25, 0.3) is 15.9 Å². The van der Waals surface area contributed by atoms with Crippen LogP contribution in [0.2, 0.25) is 0 Å². The fourth-order valence-electron chi connectivity index (χ4n) is 2.92. The van der Waals surface area contributed by atoms with Gasteiger partial charge in [-0.1, -0.05) is 65.7 Å². The highest BCUT2D eigenvalue weighted by atomic mass is 32.2. The summed E-state index contributed by atoms with van der Waals surface area (Å²) in [5.41, 5.74) is 6.49. The van der Waals surface area contributed by atoms with Crippen molar-refractivity contribution in [3.8, 4) is 0 Å². The van der Waals surface area contributed by atoms with Gasteiger partial charge in [0.2, 0.25) is 0 Å². The molecule has 0 aliphatic carbocycles. The molecule has 1 N–H and O–H groups in total. The summed E-state index contributed by atoms with van der Waals surface area (Å²) in [6.07, 6.45) is 0. The maximum atomic E-state index is 13.3. The lowest BCUT2D eigenvalue weighted by Crippen LogP contribution is -2.39. The lowest BCUT2D eigenvalue weighted by atomic mass is 10.1. The van der Waals surface area contributed by atoms with Crippen molar-refractivity contribution >= 4 is 27.3 Å². The Balaban J connectivity index is 1.84. The van der Waals surface area contributed by atoms with Gasteiger partial charge in [-0.05, 0) is 50.6 Å². The van der Waals surface area contributed by atoms with Crippen LogP contribution in [-0.4, -0.2) is 26.6 Å². The molecule has 160 valence electrons. The molecule has 0 saturated carbocycles. The summed E-state index contributed by atoms with van der Waals surface area (Å²) in [6, 6.07) is 22.8. The third kappa shape index (κ3) is 5.58. The van der Waals surface area contributed by atoms with Crippen LogP contribution in [0, 0.1) is 13.8 Å². The number of nitrogens with zero attached hydrogens (tertiary/aromatic N) is 2. The van der Waals surface area contributed by atoms with Gasteiger partial charge in [0.15, 0.2) is 0 Å². The number of hydrogen-bond acceptors (Lipinski definition) is 4. The molecule has 3 aromatic carbocycles. The molecule has 0 aliphatic heterocycles. The van der Waals surface area contributed by atoms with E-state index in [0.717, 1.165) is 21.0 Å². The van der Waals surface area contributed by atoms with Crippen molar-refractivity contribution in [3.05, 3.63) is 95.6 Å². The van der Waals surface area contributed by atoms with Crippen molar-refractivity contribution in [1.82, 2.24) is 5.43 Å². The average Bonchev–Trinajstić information content (AvgIpc) is 2.77. The van der Waals surface area contributed by atoms with E-state index in [0.29, 0.717) is 11.4 Å². The molecular formula is C24H25N3O3S. The van der Waals surface area contributed by atoms with Crippen LogP contribution in [0.5, 0.6) is 0 Å². The fourth-order valence-corrected chi connectivity index (χ4v) is 4.36. The Bertz CT molecular complexity index is 1170.